The van der Waals surface area contributed by atoms with E-state index in [0.717, 1.165) is 4.68 Å². The number of aromatic nitrogens is 4. The van der Waals surface area contributed by atoms with Crippen molar-refractivity contribution in [2.45, 2.75) is 46.0 Å². The number of halogens is 4. The molecule has 1 fully saturated rings. The Labute approximate surface area is 257 Å². The van der Waals surface area contributed by atoms with Crippen molar-refractivity contribution < 1.29 is 32.3 Å². The summed E-state index contributed by atoms with van der Waals surface area (Å²) >= 11 is 6.41. The highest BCUT2D eigenvalue weighted by molar-refractivity contribution is 6.34. The summed E-state index contributed by atoms with van der Waals surface area (Å²) in [5.41, 5.74) is -0.843. The van der Waals surface area contributed by atoms with Crippen LogP contribution in [0.25, 0.3) is 11.3 Å². The van der Waals surface area contributed by atoms with Crippen LogP contribution in [-0.2, 0) is 24.5 Å². The number of amides is 3. The number of carbonyl (C=O) groups is 3. The summed E-state index contributed by atoms with van der Waals surface area (Å²) in [6.45, 7) is 12.0. The number of hydrogen-bond donors (Lipinski definition) is 1. The van der Waals surface area contributed by atoms with Gasteiger partial charge in [0.25, 0.3) is 11.8 Å². The SMILES string of the molecule is C=C(C)Cn1cc(-c2cnc(C(=O)Nc3ccc(C(=O)N4CCN(C(=O)OC(C)(C)C)CC4)c(Cl)c3)n2C)c(C(F)(F)F)n1. The lowest BCUT2D eigenvalue weighted by Crippen LogP contribution is -2.51. The van der Waals surface area contributed by atoms with Gasteiger partial charge in [0.05, 0.1) is 34.6 Å². The molecule has 15 heteroatoms. The van der Waals surface area contributed by atoms with E-state index in [-0.39, 0.29) is 58.9 Å². The summed E-state index contributed by atoms with van der Waals surface area (Å²) in [6, 6.07) is 4.36. The average Bonchev–Trinajstić information content (AvgIpc) is 3.50. The summed E-state index contributed by atoms with van der Waals surface area (Å²) < 4.78 is 49.0. The lowest BCUT2D eigenvalue weighted by atomic mass is 10.1. The Morgan fingerprint density at radius 2 is 1.73 bits per heavy atom. The molecule has 0 saturated carbocycles. The number of allylic oxidation sites excluding steroid dienone is 1. The lowest BCUT2D eigenvalue weighted by Gasteiger charge is -2.35. The van der Waals surface area contributed by atoms with E-state index < -0.39 is 29.5 Å². The third-order valence-corrected chi connectivity index (χ3v) is 6.92. The molecular formula is C29H33ClF3N7O4. The smallest absolute Gasteiger partial charge is 0.435 e. The molecule has 236 valence electrons. The fourth-order valence-corrected chi connectivity index (χ4v) is 4.85. The molecule has 1 N–H and O–H groups in total. The third kappa shape index (κ3) is 7.41. The maximum atomic E-state index is 13.8. The molecule has 3 amide bonds. The van der Waals surface area contributed by atoms with E-state index >= 15 is 0 Å². The second-order valence-electron chi connectivity index (χ2n) is 11.5. The first-order valence-corrected chi connectivity index (χ1v) is 14.0. The van der Waals surface area contributed by atoms with Gasteiger partial charge in [-0.2, -0.15) is 18.3 Å². The Kier molecular flexibility index (Phi) is 9.14. The molecule has 1 aliphatic heterocycles. The normalized spacial score (nSPS) is 14.0. The van der Waals surface area contributed by atoms with E-state index in [2.05, 4.69) is 22.0 Å². The fraction of sp³-hybridized carbons (Fsp3) is 0.414. The molecule has 0 bridgehead atoms. The maximum absolute atomic E-state index is 13.8. The largest absolute Gasteiger partial charge is 0.444 e. The summed E-state index contributed by atoms with van der Waals surface area (Å²) in [6.07, 6.45) is -2.77. The molecule has 0 unspecified atom stereocenters. The Hall–Kier alpha value is -4.33. The molecule has 0 spiro atoms. The highest BCUT2D eigenvalue weighted by Crippen LogP contribution is 2.36. The molecule has 1 saturated heterocycles. The van der Waals surface area contributed by atoms with Gasteiger partial charge in [-0.05, 0) is 45.9 Å². The minimum Gasteiger partial charge on any atom is -0.444 e. The van der Waals surface area contributed by atoms with Gasteiger partial charge in [0.2, 0.25) is 0 Å². The zero-order chi connectivity index (χ0) is 32.6. The lowest BCUT2D eigenvalue weighted by molar-refractivity contribution is -0.141. The van der Waals surface area contributed by atoms with Crippen LogP contribution < -0.4 is 5.32 Å². The Balaban J connectivity index is 1.45. The number of piperazine rings is 1. The van der Waals surface area contributed by atoms with Gasteiger partial charge in [-0.25, -0.2) is 9.78 Å². The van der Waals surface area contributed by atoms with Crippen LogP contribution in [-0.4, -0.2) is 78.8 Å². The number of hydrogen-bond acceptors (Lipinski definition) is 6. The molecule has 3 heterocycles. The molecule has 1 aliphatic rings. The van der Waals surface area contributed by atoms with E-state index in [1.54, 1.807) is 32.6 Å². The number of ether oxygens (including phenoxy) is 1. The Bertz CT molecular complexity index is 1600. The van der Waals surface area contributed by atoms with Crippen LogP contribution in [0.15, 0.2) is 42.7 Å². The Morgan fingerprint density at radius 1 is 1.09 bits per heavy atom. The van der Waals surface area contributed by atoms with Gasteiger partial charge in [-0.1, -0.05) is 23.8 Å². The topological polar surface area (TPSA) is 115 Å². The van der Waals surface area contributed by atoms with E-state index in [9.17, 15) is 27.6 Å². The number of rotatable bonds is 6. The van der Waals surface area contributed by atoms with E-state index in [1.165, 1.54) is 47.1 Å². The number of nitrogens with zero attached hydrogens (tertiary/aromatic N) is 6. The van der Waals surface area contributed by atoms with Crippen molar-refractivity contribution in [2.24, 2.45) is 7.05 Å². The summed E-state index contributed by atoms with van der Waals surface area (Å²) in [4.78, 5) is 45.7. The molecule has 11 nitrogen and oxygen atoms in total. The van der Waals surface area contributed by atoms with Gasteiger partial charge in [0.1, 0.15) is 5.60 Å². The summed E-state index contributed by atoms with van der Waals surface area (Å²) in [5.74, 6) is -1.19. The van der Waals surface area contributed by atoms with E-state index in [1.807, 2.05) is 0 Å². The second kappa shape index (κ2) is 12.3. The molecule has 0 atom stereocenters. The maximum Gasteiger partial charge on any atom is 0.435 e. The molecule has 2 aromatic heterocycles. The molecule has 0 aliphatic carbocycles. The standard InChI is InChI=1S/C29H33ClF3N7O4/c1-17(2)15-40-16-20(23(36-40)29(31,32)33)22-14-34-24(37(22)6)25(41)35-18-7-8-19(21(30)13-18)26(42)38-9-11-39(12-10-38)27(43)44-28(3,4)5/h7-8,13-14,16H,1,9-12,15H2,2-6H3,(H,35,41). The first-order chi connectivity index (χ1) is 20.4. The van der Waals surface area contributed by atoms with Crippen molar-refractivity contribution in [3.05, 3.63) is 64.8 Å². The number of alkyl halides is 3. The van der Waals surface area contributed by atoms with Crippen LogP contribution in [0, 0.1) is 0 Å². The zero-order valence-electron chi connectivity index (χ0n) is 25.0. The van der Waals surface area contributed by atoms with Gasteiger partial charge in [-0.3, -0.25) is 14.3 Å². The van der Waals surface area contributed by atoms with Crippen molar-refractivity contribution in [3.63, 3.8) is 0 Å². The van der Waals surface area contributed by atoms with E-state index in [4.69, 9.17) is 16.3 Å². The molecule has 4 rings (SSSR count). The molecule has 1 aromatic carbocycles. The van der Waals surface area contributed by atoms with Crippen molar-refractivity contribution in [3.8, 4) is 11.3 Å². The predicted octanol–water partition coefficient (Wildman–Crippen LogP) is 5.48. The van der Waals surface area contributed by atoms with Crippen LogP contribution >= 0.6 is 11.6 Å². The van der Waals surface area contributed by atoms with Crippen LogP contribution in [0.1, 0.15) is 54.4 Å². The van der Waals surface area contributed by atoms with Crippen molar-refractivity contribution >= 4 is 35.2 Å². The summed E-state index contributed by atoms with van der Waals surface area (Å²) in [7, 11) is 1.42. The fourth-order valence-electron chi connectivity index (χ4n) is 4.59. The first-order valence-electron chi connectivity index (χ1n) is 13.6. The third-order valence-electron chi connectivity index (χ3n) is 6.61. The van der Waals surface area contributed by atoms with E-state index in [0.29, 0.717) is 18.7 Å². The van der Waals surface area contributed by atoms with Crippen LogP contribution in [0.5, 0.6) is 0 Å². The molecular weight excluding hydrogens is 603 g/mol. The molecule has 3 aromatic rings. The quantitative estimate of drug-likeness (QED) is 0.359. The molecule has 44 heavy (non-hydrogen) atoms. The second-order valence-corrected chi connectivity index (χ2v) is 11.9. The number of nitrogens with one attached hydrogen (secondary N) is 1. The zero-order valence-corrected chi connectivity index (χ0v) is 25.7. The highest BCUT2D eigenvalue weighted by atomic mass is 35.5. The number of carbonyl (C=O) groups excluding carboxylic acids is 3. The summed E-state index contributed by atoms with van der Waals surface area (Å²) in [5, 5.41) is 6.38. The van der Waals surface area contributed by atoms with Crippen molar-refractivity contribution in [1.29, 1.82) is 0 Å². The Morgan fingerprint density at radius 3 is 2.30 bits per heavy atom. The van der Waals surface area contributed by atoms with Gasteiger partial charge in [0, 0.05) is 45.1 Å². The van der Waals surface area contributed by atoms with Gasteiger partial charge in [0.15, 0.2) is 11.5 Å². The number of benzene rings is 1. The minimum absolute atomic E-state index is 0.0428. The van der Waals surface area contributed by atoms with Gasteiger partial charge < -0.3 is 24.4 Å². The highest BCUT2D eigenvalue weighted by Gasteiger charge is 2.38. The number of anilines is 1. The monoisotopic (exact) mass is 635 g/mol. The van der Waals surface area contributed by atoms with Gasteiger partial charge >= 0.3 is 12.3 Å². The number of imidazole rings is 1. The van der Waals surface area contributed by atoms with Crippen LogP contribution in [0.4, 0.5) is 23.7 Å². The van der Waals surface area contributed by atoms with Crippen molar-refractivity contribution in [1.82, 2.24) is 29.1 Å². The van der Waals surface area contributed by atoms with Gasteiger partial charge in [-0.15, -0.1) is 0 Å². The average molecular weight is 636 g/mol. The minimum atomic E-state index is -4.73. The molecule has 0 radical (unpaired) electrons. The predicted molar refractivity (Wildman–Crippen MR) is 157 cm³/mol. The first kappa shape index (κ1) is 32.6. The van der Waals surface area contributed by atoms with Crippen molar-refractivity contribution in [2.75, 3.05) is 31.5 Å². The van der Waals surface area contributed by atoms with Crippen LogP contribution in [0.2, 0.25) is 5.02 Å². The van der Waals surface area contributed by atoms with Crippen LogP contribution in [0.3, 0.4) is 0 Å².